The largest absolute Gasteiger partial charge is 0.369 e. The van der Waals surface area contributed by atoms with Gasteiger partial charge in [0.1, 0.15) is 11.9 Å². The number of hydrogen-bond donors (Lipinski definition) is 0. The highest BCUT2D eigenvalue weighted by molar-refractivity contribution is 5.60. The van der Waals surface area contributed by atoms with Gasteiger partial charge in [0.2, 0.25) is 0 Å². The van der Waals surface area contributed by atoms with Gasteiger partial charge in [-0.2, -0.15) is 5.26 Å². The molecule has 3 heteroatoms. The molecule has 0 bridgehead atoms. The van der Waals surface area contributed by atoms with Crippen molar-refractivity contribution in [1.82, 2.24) is 0 Å². The van der Waals surface area contributed by atoms with E-state index in [9.17, 15) is 4.39 Å². The van der Waals surface area contributed by atoms with Crippen molar-refractivity contribution in [1.29, 1.82) is 5.26 Å². The Labute approximate surface area is 112 Å². The van der Waals surface area contributed by atoms with Crippen molar-refractivity contribution in [2.75, 3.05) is 11.9 Å². The normalized spacial score (nSPS) is 10.0. The van der Waals surface area contributed by atoms with Gasteiger partial charge in [0.25, 0.3) is 0 Å². The second kappa shape index (κ2) is 5.53. The maximum Gasteiger partial charge on any atom is 0.123 e. The number of nitriles is 1. The molecule has 0 heterocycles. The molecule has 0 amide bonds. The van der Waals surface area contributed by atoms with Crippen molar-refractivity contribution in [2.24, 2.45) is 0 Å². The van der Waals surface area contributed by atoms with Crippen LogP contribution in [-0.2, 0) is 6.54 Å². The lowest BCUT2D eigenvalue weighted by Crippen LogP contribution is -2.17. The van der Waals surface area contributed by atoms with E-state index in [1.807, 2.05) is 43.1 Å². The van der Waals surface area contributed by atoms with E-state index in [0.29, 0.717) is 12.1 Å². The molecule has 0 saturated heterocycles. The molecule has 19 heavy (non-hydrogen) atoms. The molecule has 2 aromatic carbocycles. The summed E-state index contributed by atoms with van der Waals surface area (Å²) in [5.41, 5.74) is 3.43. The summed E-state index contributed by atoms with van der Waals surface area (Å²) in [7, 11) is 1.90. The highest BCUT2D eigenvalue weighted by Crippen LogP contribution is 2.22. The van der Waals surface area contributed by atoms with Gasteiger partial charge in [-0.15, -0.1) is 0 Å². The minimum atomic E-state index is -0.240. The van der Waals surface area contributed by atoms with Crippen molar-refractivity contribution in [3.8, 4) is 6.07 Å². The maximum absolute atomic E-state index is 13.1. The zero-order valence-corrected chi connectivity index (χ0v) is 11.0. The van der Waals surface area contributed by atoms with Crippen LogP contribution in [-0.4, -0.2) is 7.05 Å². The van der Waals surface area contributed by atoms with Gasteiger partial charge >= 0.3 is 0 Å². The Hall–Kier alpha value is -2.34. The van der Waals surface area contributed by atoms with Crippen LogP contribution >= 0.6 is 0 Å². The van der Waals surface area contributed by atoms with E-state index in [-0.39, 0.29) is 5.82 Å². The average Bonchev–Trinajstić information content (AvgIpc) is 2.38. The van der Waals surface area contributed by atoms with E-state index < -0.39 is 0 Å². The third-order valence-corrected chi connectivity index (χ3v) is 2.99. The van der Waals surface area contributed by atoms with Crippen LogP contribution in [0.3, 0.4) is 0 Å². The Morgan fingerprint density at radius 1 is 1.21 bits per heavy atom. The van der Waals surface area contributed by atoms with Gasteiger partial charge in [-0.3, -0.25) is 0 Å². The summed E-state index contributed by atoms with van der Waals surface area (Å²) < 4.78 is 13.1. The van der Waals surface area contributed by atoms with Gasteiger partial charge in [-0.1, -0.05) is 18.2 Å². The van der Waals surface area contributed by atoms with Crippen LogP contribution in [0.2, 0.25) is 0 Å². The summed E-state index contributed by atoms with van der Waals surface area (Å²) in [6.07, 6.45) is 0. The molecule has 0 aliphatic heterocycles. The van der Waals surface area contributed by atoms with Crippen LogP contribution in [0, 0.1) is 24.1 Å². The first-order valence-electron chi connectivity index (χ1n) is 6.06. The third kappa shape index (κ3) is 3.11. The predicted molar refractivity (Wildman–Crippen MR) is 74.4 cm³/mol. The summed E-state index contributed by atoms with van der Waals surface area (Å²) in [4.78, 5) is 1.95. The van der Waals surface area contributed by atoms with Crippen LogP contribution in [0.25, 0.3) is 0 Å². The molecule has 0 aliphatic carbocycles. The van der Waals surface area contributed by atoms with Crippen LogP contribution in [0.5, 0.6) is 0 Å². The highest BCUT2D eigenvalue weighted by Gasteiger charge is 2.08. The smallest absolute Gasteiger partial charge is 0.123 e. The lowest BCUT2D eigenvalue weighted by molar-refractivity contribution is 0.625. The summed E-state index contributed by atoms with van der Waals surface area (Å²) in [6, 6.07) is 14.5. The van der Waals surface area contributed by atoms with Crippen LogP contribution in [0.4, 0.5) is 10.1 Å². The summed E-state index contributed by atoms with van der Waals surface area (Å²) in [5.74, 6) is -0.240. The molecule has 2 nitrogen and oxygen atoms in total. The molecule has 2 aromatic rings. The molecule has 0 N–H and O–H groups in total. The Kier molecular flexibility index (Phi) is 3.82. The standard InChI is InChI=1S/C16H15FN2/c1-12-6-7-16(14(8-12)10-18)19(2)11-13-4-3-5-15(17)9-13/h3-9H,11H2,1-2H3. The van der Waals surface area contributed by atoms with E-state index in [0.717, 1.165) is 16.8 Å². The van der Waals surface area contributed by atoms with Gasteiger partial charge in [-0.25, -0.2) is 4.39 Å². The zero-order chi connectivity index (χ0) is 13.8. The molecule has 0 spiro atoms. The molecule has 0 unspecified atom stereocenters. The lowest BCUT2D eigenvalue weighted by Gasteiger charge is -2.21. The molecular formula is C16H15FN2. The third-order valence-electron chi connectivity index (χ3n) is 2.99. The molecule has 0 atom stereocenters. The Morgan fingerprint density at radius 3 is 2.68 bits per heavy atom. The number of rotatable bonds is 3. The molecule has 0 aromatic heterocycles. The van der Waals surface area contributed by atoms with Gasteiger partial charge < -0.3 is 4.90 Å². The first-order chi connectivity index (χ1) is 9.10. The van der Waals surface area contributed by atoms with Crippen LogP contribution in [0.1, 0.15) is 16.7 Å². The maximum atomic E-state index is 13.1. The Balaban J connectivity index is 2.25. The fraction of sp³-hybridized carbons (Fsp3) is 0.188. The molecule has 0 fully saturated rings. The van der Waals surface area contributed by atoms with E-state index >= 15 is 0 Å². The van der Waals surface area contributed by atoms with Gasteiger partial charge in [-0.05, 0) is 42.3 Å². The quantitative estimate of drug-likeness (QED) is 0.836. The first-order valence-corrected chi connectivity index (χ1v) is 6.06. The van der Waals surface area contributed by atoms with E-state index in [4.69, 9.17) is 5.26 Å². The van der Waals surface area contributed by atoms with Gasteiger partial charge in [0.05, 0.1) is 11.3 Å². The van der Waals surface area contributed by atoms with Crippen molar-refractivity contribution in [3.63, 3.8) is 0 Å². The zero-order valence-electron chi connectivity index (χ0n) is 11.0. The predicted octanol–water partition coefficient (Wildman–Crippen LogP) is 3.64. The number of nitrogens with zero attached hydrogens (tertiary/aromatic N) is 2. The van der Waals surface area contributed by atoms with Crippen LogP contribution < -0.4 is 4.90 Å². The topological polar surface area (TPSA) is 27.0 Å². The van der Waals surface area contributed by atoms with Crippen molar-refractivity contribution in [2.45, 2.75) is 13.5 Å². The second-order valence-corrected chi connectivity index (χ2v) is 4.62. The Bertz CT molecular complexity index is 629. The number of halogens is 1. The first kappa shape index (κ1) is 13.1. The molecular weight excluding hydrogens is 239 g/mol. The molecule has 2 rings (SSSR count). The molecule has 0 aliphatic rings. The minimum Gasteiger partial charge on any atom is -0.369 e. The van der Waals surface area contributed by atoms with E-state index in [1.165, 1.54) is 12.1 Å². The van der Waals surface area contributed by atoms with Crippen LogP contribution in [0.15, 0.2) is 42.5 Å². The average molecular weight is 254 g/mol. The molecule has 0 saturated carbocycles. The number of hydrogen-bond acceptors (Lipinski definition) is 2. The fourth-order valence-corrected chi connectivity index (χ4v) is 2.07. The summed E-state index contributed by atoms with van der Waals surface area (Å²) in [5, 5.41) is 9.17. The summed E-state index contributed by atoms with van der Waals surface area (Å²) in [6.45, 7) is 2.52. The molecule has 0 radical (unpaired) electrons. The van der Waals surface area contributed by atoms with Crippen molar-refractivity contribution >= 4 is 5.69 Å². The SMILES string of the molecule is Cc1ccc(N(C)Cc2cccc(F)c2)c(C#N)c1. The minimum absolute atomic E-state index is 0.240. The van der Waals surface area contributed by atoms with E-state index in [1.54, 1.807) is 6.07 Å². The van der Waals surface area contributed by atoms with Gasteiger partial charge in [0.15, 0.2) is 0 Å². The monoisotopic (exact) mass is 254 g/mol. The van der Waals surface area contributed by atoms with Crippen molar-refractivity contribution < 1.29 is 4.39 Å². The number of benzene rings is 2. The number of aryl methyl sites for hydroxylation is 1. The van der Waals surface area contributed by atoms with E-state index in [2.05, 4.69) is 6.07 Å². The van der Waals surface area contributed by atoms with Crippen molar-refractivity contribution in [3.05, 3.63) is 65.0 Å². The van der Waals surface area contributed by atoms with Gasteiger partial charge in [0, 0.05) is 13.6 Å². The Morgan fingerprint density at radius 2 is 2.00 bits per heavy atom. The summed E-state index contributed by atoms with van der Waals surface area (Å²) >= 11 is 0. The number of anilines is 1. The fourth-order valence-electron chi connectivity index (χ4n) is 2.07. The lowest BCUT2D eigenvalue weighted by atomic mass is 10.1. The second-order valence-electron chi connectivity index (χ2n) is 4.62. The molecule has 96 valence electrons. The highest BCUT2D eigenvalue weighted by atomic mass is 19.1.